The van der Waals surface area contributed by atoms with Gasteiger partial charge in [0.1, 0.15) is 6.54 Å². The monoisotopic (exact) mass is 508 g/mol. The number of nitrogens with one attached hydrogen (secondary N) is 1. The number of hydrogen-bond donors (Lipinski definition) is 1. The predicted octanol–water partition coefficient (Wildman–Crippen LogP) is 3.15. The van der Waals surface area contributed by atoms with Gasteiger partial charge in [0.05, 0.1) is 30.7 Å². The molecule has 37 heavy (non-hydrogen) atoms. The van der Waals surface area contributed by atoms with Crippen LogP contribution in [-0.4, -0.2) is 88.5 Å². The van der Waals surface area contributed by atoms with Crippen LogP contribution in [0.25, 0.3) is 0 Å². The number of ether oxygens (including phenoxy) is 1. The third-order valence-corrected chi connectivity index (χ3v) is 6.75. The zero-order valence-electron chi connectivity index (χ0n) is 22.7. The molecule has 1 aromatic heterocycles. The van der Waals surface area contributed by atoms with Crippen molar-refractivity contribution in [3.63, 3.8) is 0 Å². The first-order valence-corrected chi connectivity index (χ1v) is 13.1. The number of carbonyl (C=O) groups is 2. The molecule has 2 aromatic rings. The molecular formula is C28H40N6O3. The van der Waals surface area contributed by atoms with Crippen LogP contribution in [0.3, 0.4) is 0 Å². The number of benzene rings is 1. The molecule has 9 heteroatoms. The number of rotatable bonds is 7. The van der Waals surface area contributed by atoms with Gasteiger partial charge in [-0.3, -0.25) is 9.69 Å². The summed E-state index contributed by atoms with van der Waals surface area (Å²) in [5.74, 6) is -0.194. The van der Waals surface area contributed by atoms with Crippen LogP contribution in [0.5, 0.6) is 0 Å². The van der Waals surface area contributed by atoms with Crippen LogP contribution in [0.4, 0.5) is 4.79 Å². The highest BCUT2D eigenvalue weighted by molar-refractivity contribution is 6.02. The van der Waals surface area contributed by atoms with Crippen molar-refractivity contribution in [1.82, 2.24) is 24.7 Å². The number of nitrogens with zero attached hydrogens (tertiary/aromatic N) is 5. The van der Waals surface area contributed by atoms with Gasteiger partial charge in [-0.2, -0.15) is 5.10 Å². The molecule has 2 aliphatic rings. The van der Waals surface area contributed by atoms with E-state index in [1.165, 1.54) is 0 Å². The van der Waals surface area contributed by atoms with Gasteiger partial charge in [0.2, 0.25) is 0 Å². The Morgan fingerprint density at radius 1 is 1.14 bits per heavy atom. The summed E-state index contributed by atoms with van der Waals surface area (Å²) >= 11 is 0. The molecule has 0 aliphatic carbocycles. The highest BCUT2D eigenvalue weighted by Crippen LogP contribution is 2.33. The molecule has 2 aliphatic heterocycles. The molecule has 1 atom stereocenters. The van der Waals surface area contributed by atoms with Gasteiger partial charge in [-0.15, -0.1) is 0 Å². The fourth-order valence-electron chi connectivity index (χ4n) is 4.68. The normalized spacial score (nSPS) is 18.6. The highest BCUT2D eigenvalue weighted by atomic mass is 16.5. The summed E-state index contributed by atoms with van der Waals surface area (Å²) in [7, 11) is 1.98. The second-order valence-corrected chi connectivity index (χ2v) is 11.0. The molecule has 0 saturated carbocycles. The number of hydrazone groups is 1. The number of carbonyl (C=O) groups excluding carboxylic acids is 2. The van der Waals surface area contributed by atoms with E-state index < -0.39 is 5.54 Å². The summed E-state index contributed by atoms with van der Waals surface area (Å²) in [6, 6.07) is 11.8. The number of hydrogen-bond acceptors (Lipinski definition) is 5. The van der Waals surface area contributed by atoms with Crippen molar-refractivity contribution in [3.05, 3.63) is 59.4 Å². The minimum absolute atomic E-state index is 0.0431. The Hall–Kier alpha value is -3.17. The number of aryl methyl sites for hydroxylation is 2. The fourth-order valence-corrected chi connectivity index (χ4v) is 4.68. The van der Waals surface area contributed by atoms with Crippen LogP contribution >= 0.6 is 0 Å². The van der Waals surface area contributed by atoms with Gasteiger partial charge in [-0.25, -0.2) is 9.80 Å². The van der Waals surface area contributed by atoms with E-state index in [2.05, 4.69) is 34.5 Å². The molecule has 0 spiro atoms. The fraction of sp³-hybridized carbons (Fsp3) is 0.536. The van der Waals surface area contributed by atoms with Crippen molar-refractivity contribution in [2.75, 3.05) is 45.9 Å². The van der Waals surface area contributed by atoms with Crippen LogP contribution in [0, 0.1) is 6.92 Å². The minimum atomic E-state index is -0.409. The molecule has 4 rings (SSSR count). The van der Waals surface area contributed by atoms with Crippen molar-refractivity contribution in [3.8, 4) is 0 Å². The summed E-state index contributed by atoms with van der Waals surface area (Å²) in [5, 5.41) is 9.41. The van der Waals surface area contributed by atoms with E-state index in [1.807, 2.05) is 57.6 Å². The molecule has 1 N–H and O–H groups in total. The Morgan fingerprint density at radius 2 is 1.84 bits per heavy atom. The van der Waals surface area contributed by atoms with Crippen LogP contribution in [0.1, 0.15) is 50.1 Å². The summed E-state index contributed by atoms with van der Waals surface area (Å²) in [6.45, 7) is 12.0. The van der Waals surface area contributed by atoms with Crippen molar-refractivity contribution >= 4 is 17.6 Å². The lowest BCUT2D eigenvalue weighted by molar-refractivity contribution is -0.133. The average Bonchev–Trinajstić information content (AvgIpc) is 3.48. The average molecular weight is 509 g/mol. The first kappa shape index (κ1) is 26.9. The van der Waals surface area contributed by atoms with E-state index >= 15 is 0 Å². The summed E-state index contributed by atoms with van der Waals surface area (Å²) in [4.78, 5) is 30.9. The topological polar surface area (TPSA) is 82.4 Å². The van der Waals surface area contributed by atoms with Gasteiger partial charge < -0.3 is 19.5 Å². The number of aromatic nitrogens is 1. The van der Waals surface area contributed by atoms with Crippen molar-refractivity contribution in [2.24, 2.45) is 12.1 Å². The van der Waals surface area contributed by atoms with E-state index in [9.17, 15) is 9.59 Å². The lowest BCUT2D eigenvalue weighted by Crippen LogP contribution is -2.53. The number of urea groups is 1. The largest absolute Gasteiger partial charge is 0.379 e. The van der Waals surface area contributed by atoms with Crippen molar-refractivity contribution in [2.45, 2.75) is 45.7 Å². The first-order valence-electron chi connectivity index (χ1n) is 13.1. The van der Waals surface area contributed by atoms with E-state index in [0.717, 1.165) is 35.6 Å². The van der Waals surface area contributed by atoms with Gasteiger partial charge in [0, 0.05) is 51.4 Å². The summed E-state index contributed by atoms with van der Waals surface area (Å²) < 4.78 is 7.47. The highest BCUT2D eigenvalue weighted by Gasteiger charge is 2.35. The molecule has 1 fully saturated rings. The molecule has 0 bridgehead atoms. The van der Waals surface area contributed by atoms with E-state index in [1.54, 1.807) is 9.91 Å². The lowest BCUT2D eigenvalue weighted by atomic mass is 9.99. The van der Waals surface area contributed by atoms with E-state index in [0.29, 0.717) is 32.7 Å². The number of amides is 3. The van der Waals surface area contributed by atoms with Gasteiger partial charge in [0.25, 0.3) is 5.91 Å². The molecule has 0 radical (unpaired) electrons. The van der Waals surface area contributed by atoms with Crippen LogP contribution in [-0.2, 0) is 16.6 Å². The third-order valence-electron chi connectivity index (χ3n) is 6.75. The SMILES string of the molecule is Cc1ccc([C@@H]2CC(c3cccn3C)=NN2C(=O)CN(CCN2CCOCC2)C(=O)NC(C)(C)C)cc1. The van der Waals surface area contributed by atoms with Crippen molar-refractivity contribution < 1.29 is 14.3 Å². The van der Waals surface area contributed by atoms with Gasteiger partial charge in [-0.1, -0.05) is 29.8 Å². The lowest BCUT2D eigenvalue weighted by Gasteiger charge is -2.32. The molecule has 3 amide bonds. The smallest absolute Gasteiger partial charge is 0.318 e. The van der Waals surface area contributed by atoms with Crippen LogP contribution in [0.2, 0.25) is 0 Å². The molecule has 1 aromatic carbocycles. The maximum absolute atomic E-state index is 13.8. The Kier molecular flexibility index (Phi) is 8.34. The van der Waals surface area contributed by atoms with Crippen molar-refractivity contribution in [1.29, 1.82) is 0 Å². The molecule has 0 unspecified atom stereocenters. The second-order valence-electron chi connectivity index (χ2n) is 11.0. The van der Waals surface area contributed by atoms with E-state index in [-0.39, 0.29) is 24.5 Å². The van der Waals surface area contributed by atoms with Gasteiger partial charge >= 0.3 is 6.03 Å². The number of morpholine rings is 1. The quantitative estimate of drug-likeness (QED) is 0.623. The zero-order chi connectivity index (χ0) is 26.6. The first-order chi connectivity index (χ1) is 17.6. The van der Waals surface area contributed by atoms with Crippen LogP contribution < -0.4 is 5.32 Å². The van der Waals surface area contributed by atoms with Gasteiger partial charge in [0.15, 0.2) is 0 Å². The molecule has 3 heterocycles. The van der Waals surface area contributed by atoms with Crippen LogP contribution in [0.15, 0.2) is 47.7 Å². The molecule has 200 valence electrons. The standard InChI is InChI=1S/C28H40N6O3/c1-21-8-10-22(11-9-21)25-19-23(24-7-6-12-31(24)5)30-34(25)26(35)20-33(27(36)29-28(2,3)4)14-13-32-15-17-37-18-16-32/h6-12,25H,13-20H2,1-5H3,(H,29,36)/t25-/m0/s1. The Balaban J connectivity index is 1.56. The maximum atomic E-state index is 13.8. The Labute approximate surface area is 220 Å². The minimum Gasteiger partial charge on any atom is -0.379 e. The molecular weight excluding hydrogens is 468 g/mol. The Morgan fingerprint density at radius 3 is 2.46 bits per heavy atom. The zero-order valence-corrected chi connectivity index (χ0v) is 22.7. The molecule has 1 saturated heterocycles. The van der Waals surface area contributed by atoms with E-state index in [4.69, 9.17) is 9.84 Å². The Bertz CT molecular complexity index is 1110. The molecule has 9 nitrogen and oxygen atoms in total. The summed E-state index contributed by atoms with van der Waals surface area (Å²) in [6.07, 6.45) is 2.60. The summed E-state index contributed by atoms with van der Waals surface area (Å²) in [5.41, 5.74) is 3.64. The predicted molar refractivity (Wildman–Crippen MR) is 144 cm³/mol. The second kappa shape index (κ2) is 11.5. The van der Waals surface area contributed by atoms with Gasteiger partial charge in [-0.05, 0) is 45.4 Å². The maximum Gasteiger partial charge on any atom is 0.318 e. The third kappa shape index (κ3) is 6.99.